The summed E-state index contributed by atoms with van der Waals surface area (Å²) in [6, 6.07) is 8.16. The maximum absolute atomic E-state index is 5.99. The Morgan fingerprint density at radius 1 is 1.10 bits per heavy atom. The molecule has 0 spiro atoms. The lowest BCUT2D eigenvalue weighted by molar-refractivity contribution is 0.172. The lowest BCUT2D eigenvalue weighted by Gasteiger charge is -2.36. The number of nitrogens with one attached hydrogen (secondary N) is 1. The summed E-state index contributed by atoms with van der Waals surface area (Å²) in [7, 11) is 1.87. The Morgan fingerprint density at radius 3 is 2.48 bits per heavy atom. The third kappa shape index (κ3) is 6.94. The molecule has 2 fully saturated rings. The van der Waals surface area contributed by atoms with E-state index in [-0.39, 0.29) is 24.0 Å². The van der Waals surface area contributed by atoms with Crippen LogP contribution in [0.15, 0.2) is 34.6 Å². The van der Waals surface area contributed by atoms with Gasteiger partial charge in [0.15, 0.2) is 11.1 Å². The zero-order valence-electron chi connectivity index (χ0n) is 18.1. The first kappa shape index (κ1) is 24.5. The molecule has 3 heterocycles. The predicted octanol–water partition coefficient (Wildman–Crippen LogP) is 3.95. The van der Waals surface area contributed by atoms with Crippen molar-refractivity contribution in [2.45, 2.75) is 25.8 Å². The van der Waals surface area contributed by atoms with Gasteiger partial charge in [-0.25, -0.2) is 4.98 Å². The van der Waals surface area contributed by atoms with Crippen molar-refractivity contribution in [3.8, 4) is 0 Å². The van der Waals surface area contributed by atoms with Gasteiger partial charge in [0.25, 0.3) is 0 Å². The van der Waals surface area contributed by atoms with Crippen molar-refractivity contribution in [2.24, 2.45) is 4.99 Å². The molecule has 0 aliphatic carbocycles. The number of piperazine rings is 1. The van der Waals surface area contributed by atoms with Crippen molar-refractivity contribution in [3.05, 3.63) is 45.9 Å². The smallest absolute Gasteiger partial charge is 0.193 e. The summed E-state index contributed by atoms with van der Waals surface area (Å²) in [5.41, 5.74) is 2.49. The molecule has 1 aromatic carbocycles. The third-order valence-corrected chi connectivity index (χ3v) is 6.99. The van der Waals surface area contributed by atoms with Crippen LogP contribution in [0.3, 0.4) is 0 Å². The predicted molar refractivity (Wildman–Crippen MR) is 142 cm³/mol. The standard InChI is InChI=1S/C22H31ClN6S.HI/c1-24-21(25-9-8-20-17-30-22(26-20)29-10-2-3-11-29)28-14-12-27(13-15-28)16-18-4-6-19(23)7-5-18;/h4-7,17H,2-3,8-16H2,1H3,(H,24,25);1H. The summed E-state index contributed by atoms with van der Waals surface area (Å²) in [6.45, 7) is 8.19. The van der Waals surface area contributed by atoms with E-state index in [9.17, 15) is 0 Å². The van der Waals surface area contributed by atoms with Gasteiger partial charge in [-0.2, -0.15) is 0 Å². The van der Waals surface area contributed by atoms with E-state index in [0.717, 1.165) is 69.8 Å². The second-order valence-electron chi connectivity index (χ2n) is 7.93. The van der Waals surface area contributed by atoms with Crippen LogP contribution in [0.1, 0.15) is 24.1 Å². The van der Waals surface area contributed by atoms with Crippen molar-refractivity contribution < 1.29 is 0 Å². The van der Waals surface area contributed by atoms with Gasteiger partial charge in [-0.15, -0.1) is 35.3 Å². The maximum Gasteiger partial charge on any atom is 0.193 e. The number of hydrogen-bond donors (Lipinski definition) is 1. The van der Waals surface area contributed by atoms with Crippen LogP contribution < -0.4 is 10.2 Å². The molecule has 0 radical (unpaired) electrons. The average molecular weight is 575 g/mol. The number of halogens is 2. The second kappa shape index (κ2) is 12.2. The fraction of sp³-hybridized carbons (Fsp3) is 0.545. The molecule has 1 N–H and O–H groups in total. The molecule has 1 aromatic heterocycles. The molecule has 0 saturated carbocycles. The minimum atomic E-state index is 0. The Balaban J connectivity index is 0.00000272. The van der Waals surface area contributed by atoms with E-state index < -0.39 is 0 Å². The van der Waals surface area contributed by atoms with E-state index in [2.05, 4.69) is 42.5 Å². The number of nitrogens with zero attached hydrogens (tertiary/aromatic N) is 5. The zero-order chi connectivity index (χ0) is 20.8. The Hall–Kier alpha value is -1.10. The number of aliphatic imine (C=N–C) groups is 1. The van der Waals surface area contributed by atoms with E-state index in [0.29, 0.717) is 0 Å². The van der Waals surface area contributed by atoms with Crippen molar-refractivity contribution in [2.75, 3.05) is 57.8 Å². The highest BCUT2D eigenvalue weighted by Gasteiger charge is 2.20. The number of rotatable bonds is 6. The summed E-state index contributed by atoms with van der Waals surface area (Å²) >= 11 is 7.76. The normalized spacial score (nSPS) is 17.7. The van der Waals surface area contributed by atoms with Crippen LogP contribution in [0.4, 0.5) is 5.13 Å². The molecule has 31 heavy (non-hydrogen) atoms. The molecule has 9 heteroatoms. The van der Waals surface area contributed by atoms with Gasteiger partial charge in [-0.05, 0) is 30.5 Å². The number of hydrogen-bond acceptors (Lipinski definition) is 5. The van der Waals surface area contributed by atoms with E-state index in [1.54, 1.807) is 11.3 Å². The van der Waals surface area contributed by atoms with Gasteiger partial charge in [0.05, 0.1) is 5.69 Å². The molecular formula is C22H32ClIN6S. The van der Waals surface area contributed by atoms with E-state index >= 15 is 0 Å². The largest absolute Gasteiger partial charge is 0.356 e. The van der Waals surface area contributed by atoms with Crippen molar-refractivity contribution >= 4 is 58.0 Å². The Kier molecular flexibility index (Phi) is 9.68. The SMILES string of the molecule is CN=C(NCCc1csc(N2CCCC2)n1)N1CCN(Cc2ccc(Cl)cc2)CC1.I. The van der Waals surface area contributed by atoms with Crippen molar-refractivity contribution in [1.29, 1.82) is 0 Å². The number of anilines is 1. The monoisotopic (exact) mass is 574 g/mol. The summed E-state index contributed by atoms with van der Waals surface area (Å²) < 4.78 is 0. The van der Waals surface area contributed by atoms with Crippen LogP contribution in [0.2, 0.25) is 5.02 Å². The Morgan fingerprint density at radius 2 is 1.81 bits per heavy atom. The number of aromatic nitrogens is 1. The third-order valence-electron chi connectivity index (χ3n) is 5.78. The minimum absolute atomic E-state index is 0. The molecule has 0 unspecified atom stereocenters. The van der Waals surface area contributed by atoms with Gasteiger partial charge < -0.3 is 15.1 Å². The second-order valence-corrected chi connectivity index (χ2v) is 9.20. The first-order valence-electron chi connectivity index (χ1n) is 10.8. The first-order chi connectivity index (χ1) is 14.7. The van der Waals surface area contributed by atoms with Gasteiger partial charge in [0.1, 0.15) is 0 Å². The zero-order valence-corrected chi connectivity index (χ0v) is 22.0. The van der Waals surface area contributed by atoms with E-state index in [1.165, 1.54) is 29.2 Å². The summed E-state index contributed by atoms with van der Waals surface area (Å²) in [5.74, 6) is 0.996. The van der Waals surface area contributed by atoms with Crippen LogP contribution >= 0.6 is 46.9 Å². The Bertz CT molecular complexity index is 829. The average Bonchev–Trinajstić information content (AvgIpc) is 3.46. The molecule has 0 amide bonds. The van der Waals surface area contributed by atoms with Gasteiger partial charge >= 0.3 is 0 Å². The van der Waals surface area contributed by atoms with Crippen LogP contribution in [-0.4, -0.2) is 73.6 Å². The van der Waals surface area contributed by atoms with Crippen LogP contribution in [0, 0.1) is 0 Å². The molecule has 2 aromatic rings. The summed E-state index contributed by atoms with van der Waals surface area (Å²) in [5, 5.41) is 7.71. The van der Waals surface area contributed by atoms with Gasteiger partial charge in [0.2, 0.25) is 0 Å². The fourth-order valence-electron chi connectivity index (χ4n) is 4.07. The number of guanidine groups is 1. The molecule has 2 aliphatic heterocycles. The highest BCUT2D eigenvalue weighted by atomic mass is 127. The number of thiazole rings is 1. The molecule has 170 valence electrons. The molecule has 2 aliphatic rings. The molecule has 2 saturated heterocycles. The topological polar surface area (TPSA) is 47.0 Å². The summed E-state index contributed by atoms with van der Waals surface area (Å²) in [6.07, 6.45) is 3.51. The lowest BCUT2D eigenvalue weighted by Crippen LogP contribution is -2.52. The van der Waals surface area contributed by atoms with Crippen molar-refractivity contribution in [1.82, 2.24) is 20.1 Å². The highest BCUT2D eigenvalue weighted by molar-refractivity contribution is 14.0. The fourth-order valence-corrected chi connectivity index (χ4v) is 5.10. The molecular weight excluding hydrogens is 543 g/mol. The Labute approximate surface area is 211 Å². The van der Waals surface area contributed by atoms with Crippen LogP contribution in [0.5, 0.6) is 0 Å². The molecule has 0 bridgehead atoms. The van der Waals surface area contributed by atoms with Crippen molar-refractivity contribution in [3.63, 3.8) is 0 Å². The van der Waals surface area contributed by atoms with E-state index in [1.807, 2.05) is 19.2 Å². The van der Waals surface area contributed by atoms with Crippen LogP contribution in [0.25, 0.3) is 0 Å². The summed E-state index contributed by atoms with van der Waals surface area (Å²) in [4.78, 5) is 16.6. The van der Waals surface area contributed by atoms with Crippen LogP contribution in [-0.2, 0) is 13.0 Å². The van der Waals surface area contributed by atoms with Gasteiger partial charge in [0, 0.05) is 76.2 Å². The molecule has 6 nitrogen and oxygen atoms in total. The minimum Gasteiger partial charge on any atom is -0.356 e. The highest BCUT2D eigenvalue weighted by Crippen LogP contribution is 2.24. The van der Waals surface area contributed by atoms with Gasteiger partial charge in [-0.3, -0.25) is 9.89 Å². The van der Waals surface area contributed by atoms with E-state index in [4.69, 9.17) is 16.6 Å². The lowest BCUT2D eigenvalue weighted by atomic mass is 10.2. The molecule has 0 atom stereocenters. The maximum atomic E-state index is 5.99. The van der Waals surface area contributed by atoms with Gasteiger partial charge in [-0.1, -0.05) is 23.7 Å². The molecule has 4 rings (SSSR count). The quantitative estimate of drug-likeness (QED) is 0.322. The number of benzene rings is 1. The first-order valence-corrected chi connectivity index (χ1v) is 12.1.